The normalized spacial score (nSPS) is 14.9. The van der Waals surface area contributed by atoms with Gasteiger partial charge in [-0.3, -0.25) is 14.4 Å². The van der Waals surface area contributed by atoms with Crippen molar-refractivity contribution in [3.63, 3.8) is 0 Å². The van der Waals surface area contributed by atoms with Crippen molar-refractivity contribution in [3.05, 3.63) is 71.0 Å². The number of amides is 3. The zero-order valence-electron chi connectivity index (χ0n) is 17.0. The summed E-state index contributed by atoms with van der Waals surface area (Å²) in [4.78, 5) is 39.1. The SMILES string of the molecule is Cc1ccc(C(=O)NCCNC(=O)C(c2ccccc2)N2CCCCC2=O)cc1F. The Morgan fingerprint density at radius 1 is 1.07 bits per heavy atom. The van der Waals surface area contributed by atoms with Crippen molar-refractivity contribution < 1.29 is 18.8 Å². The third-order valence-electron chi connectivity index (χ3n) is 5.18. The number of carbonyl (C=O) groups excluding carboxylic acids is 3. The second kappa shape index (κ2) is 10.0. The molecule has 3 amide bonds. The van der Waals surface area contributed by atoms with E-state index in [1.807, 2.05) is 30.3 Å². The van der Waals surface area contributed by atoms with Crippen molar-refractivity contribution in [2.24, 2.45) is 0 Å². The van der Waals surface area contributed by atoms with E-state index in [1.165, 1.54) is 6.07 Å². The van der Waals surface area contributed by atoms with Crippen LogP contribution in [0.5, 0.6) is 0 Å². The minimum atomic E-state index is -0.694. The number of benzene rings is 2. The predicted octanol–water partition coefficient (Wildman–Crippen LogP) is 2.73. The third-order valence-corrected chi connectivity index (χ3v) is 5.18. The first-order valence-corrected chi connectivity index (χ1v) is 10.1. The van der Waals surface area contributed by atoms with Gasteiger partial charge in [-0.25, -0.2) is 4.39 Å². The fourth-order valence-electron chi connectivity index (χ4n) is 3.50. The molecule has 0 radical (unpaired) electrons. The minimum Gasteiger partial charge on any atom is -0.352 e. The van der Waals surface area contributed by atoms with Gasteiger partial charge in [-0.2, -0.15) is 0 Å². The Balaban J connectivity index is 1.58. The van der Waals surface area contributed by atoms with Crippen LogP contribution in [0.2, 0.25) is 0 Å². The molecule has 7 heteroatoms. The number of nitrogens with one attached hydrogen (secondary N) is 2. The van der Waals surface area contributed by atoms with Crippen LogP contribution in [-0.4, -0.2) is 42.3 Å². The Labute approximate surface area is 175 Å². The molecule has 2 aromatic rings. The van der Waals surface area contributed by atoms with E-state index in [0.717, 1.165) is 18.4 Å². The van der Waals surface area contributed by atoms with Crippen LogP contribution >= 0.6 is 0 Å². The van der Waals surface area contributed by atoms with Crippen LogP contribution in [0.1, 0.15) is 46.8 Å². The van der Waals surface area contributed by atoms with E-state index in [1.54, 1.807) is 24.0 Å². The predicted molar refractivity (Wildman–Crippen MR) is 111 cm³/mol. The molecule has 1 unspecified atom stereocenters. The standard InChI is InChI=1S/C23H26FN3O3/c1-16-10-11-18(15-19(16)24)22(29)25-12-13-26-23(30)21(17-7-3-2-4-8-17)27-14-6-5-9-20(27)28/h2-4,7-8,10-11,15,21H,5-6,9,12-14H2,1H3,(H,25,29)(H,26,30). The monoisotopic (exact) mass is 411 g/mol. The van der Waals surface area contributed by atoms with Crippen LogP contribution in [0.4, 0.5) is 4.39 Å². The van der Waals surface area contributed by atoms with Gasteiger partial charge < -0.3 is 15.5 Å². The molecule has 0 aliphatic carbocycles. The first-order chi connectivity index (χ1) is 14.5. The summed E-state index contributed by atoms with van der Waals surface area (Å²) in [6.45, 7) is 2.56. The van der Waals surface area contributed by atoms with Crippen LogP contribution in [-0.2, 0) is 9.59 Å². The van der Waals surface area contributed by atoms with Crippen molar-refractivity contribution in [2.75, 3.05) is 19.6 Å². The first-order valence-electron chi connectivity index (χ1n) is 10.1. The van der Waals surface area contributed by atoms with Crippen molar-refractivity contribution in [1.82, 2.24) is 15.5 Å². The number of nitrogens with zero attached hydrogens (tertiary/aromatic N) is 1. The Hall–Kier alpha value is -3.22. The van der Waals surface area contributed by atoms with Crippen LogP contribution in [0.15, 0.2) is 48.5 Å². The topological polar surface area (TPSA) is 78.5 Å². The number of hydrogen-bond donors (Lipinski definition) is 2. The second-order valence-electron chi connectivity index (χ2n) is 7.37. The fraction of sp³-hybridized carbons (Fsp3) is 0.348. The lowest BCUT2D eigenvalue weighted by atomic mass is 10.0. The number of piperidine rings is 1. The molecule has 0 spiro atoms. The molecule has 1 saturated heterocycles. The molecule has 3 rings (SSSR count). The van der Waals surface area contributed by atoms with Crippen LogP contribution < -0.4 is 10.6 Å². The van der Waals surface area contributed by atoms with Crippen LogP contribution in [0.25, 0.3) is 0 Å². The average Bonchev–Trinajstić information content (AvgIpc) is 2.75. The smallest absolute Gasteiger partial charge is 0.251 e. The van der Waals surface area contributed by atoms with Crippen LogP contribution in [0, 0.1) is 12.7 Å². The number of halogens is 1. The third kappa shape index (κ3) is 5.23. The van der Waals surface area contributed by atoms with Gasteiger partial charge >= 0.3 is 0 Å². The molecule has 1 fully saturated rings. The number of likely N-dealkylation sites (tertiary alicyclic amines) is 1. The maximum absolute atomic E-state index is 13.6. The lowest BCUT2D eigenvalue weighted by molar-refractivity contribution is -0.142. The maximum atomic E-state index is 13.6. The zero-order chi connectivity index (χ0) is 21.5. The Kier molecular flexibility index (Phi) is 7.17. The van der Waals surface area contributed by atoms with E-state index in [9.17, 15) is 18.8 Å². The van der Waals surface area contributed by atoms with E-state index >= 15 is 0 Å². The van der Waals surface area contributed by atoms with Gasteiger partial charge in [0, 0.05) is 31.6 Å². The number of hydrogen-bond acceptors (Lipinski definition) is 3. The number of carbonyl (C=O) groups is 3. The van der Waals surface area contributed by atoms with Crippen molar-refractivity contribution in [1.29, 1.82) is 0 Å². The molecule has 1 heterocycles. The Bertz CT molecular complexity index is 917. The van der Waals surface area contributed by atoms with Crippen molar-refractivity contribution >= 4 is 17.7 Å². The van der Waals surface area contributed by atoms with Gasteiger partial charge in [0.2, 0.25) is 11.8 Å². The minimum absolute atomic E-state index is 0.0278. The molecule has 6 nitrogen and oxygen atoms in total. The van der Waals surface area contributed by atoms with Gasteiger partial charge in [-0.05, 0) is 43.0 Å². The zero-order valence-corrected chi connectivity index (χ0v) is 17.0. The molecule has 158 valence electrons. The molecule has 0 saturated carbocycles. The van der Waals surface area contributed by atoms with Crippen LogP contribution in [0.3, 0.4) is 0 Å². The summed E-state index contributed by atoms with van der Waals surface area (Å²) < 4.78 is 13.6. The number of rotatable bonds is 7. The lowest BCUT2D eigenvalue weighted by Gasteiger charge is -2.34. The lowest BCUT2D eigenvalue weighted by Crippen LogP contribution is -2.47. The van der Waals surface area contributed by atoms with Gasteiger partial charge in [0.1, 0.15) is 11.9 Å². The van der Waals surface area contributed by atoms with E-state index in [4.69, 9.17) is 0 Å². The summed E-state index contributed by atoms with van der Waals surface area (Å²) in [5.74, 6) is -1.16. The fourth-order valence-corrected chi connectivity index (χ4v) is 3.50. The van der Waals surface area contributed by atoms with Gasteiger partial charge in [-0.1, -0.05) is 36.4 Å². The molecule has 2 aromatic carbocycles. The molecule has 0 bridgehead atoms. The highest BCUT2D eigenvalue weighted by molar-refractivity contribution is 5.94. The van der Waals surface area contributed by atoms with E-state index in [-0.39, 0.29) is 30.5 Å². The second-order valence-corrected chi connectivity index (χ2v) is 7.37. The summed E-state index contributed by atoms with van der Waals surface area (Å²) in [7, 11) is 0. The Morgan fingerprint density at radius 3 is 2.50 bits per heavy atom. The van der Waals surface area contributed by atoms with E-state index in [2.05, 4.69) is 10.6 Å². The molecule has 1 aliphatic heterocycles. The molecule has 0 aromatic heterocycles. The highest BCUT2D eigenvalue weighted by Gasteiger charge is 2.32. The molecular weight excluding hydrogens is 385 g/mol. The molecular formula is C23H26FN3O3. The van der Waals surface area contributed by atoms with Gasteiger partial charge in [0.15, 0.2) is 0 Å². The summed E-state index contributed by atoms with van der Waals surface area (Å²) in [6, 6.07) is 12.8. The first kappa shape index (κ1) is 21.5. The maximum Gasteiger partial charge on any atom is 0.251 e. The van der Waals surface area contributed by atoms with Gasteiger partial charge in [-0.15, -0.1) is 0 Å². The molecule has 2 N–H and O–H groups in total. The summed E-state index contributed by atoms with van der Waals surface area (Å²) in [5, 5.41) is 5.47. The average molecular weight is 411 g/mol. The van der Waals surface area contributed by atoms with E-state index in [0.29, 0.717) is 18.5 Å². The highest BCUT2D eigenvalue weighted by atomic mass is 19.1. The van der Waals surface area contributed by atoms with Gasteiger partial charge in [0.05, 0.1) is 0 Å². The summed E-state index contributed by atoms with van der Waals surface area (Å²) in [6.07, 6.45) is 2.15. The Morgan fingerprint density at radius 2 is 1.80 bits per heavy atom. The molecule has 30 heavy (non-hydrogen) atoms. The van der Waals surface area contributed by atoms with Crippen molar-refractivity contribution in [2.45, 2.75) is 32.2 Å². The van der Waals surface area contributed by atoms with E-state index < -0.39 is 17.8 Å². The number of aryl methyl sites for hydroxylation is 1. The van der Waals surface area contributed by atoms with Crippen molar-refractivity contribution in [3.8, 4) is 0 Å². The quantitative estimate of drug-likeness (QED) is 0.688. The largest absolute Gasteiger partial charge is 0.352 e. The molecule has 1 aliphatic rings. The summed E-state index contributed by atoms with van der Waals surface area (Å²) in [5.41, 5.74) is 1.45. The molecule has 1 atom stereocenters. The summed E-state index contributed by atoms with van der Waals surface area (Å²) >= 11 is 0. The van der Waals surface area contributed by atoms with Gasteiger partial charge in [0.25, 0.3) is 5.91 Å². The highest BCUT2D eigenvalue weighted by Crippen LogP contribution is 2.25.